The number of nitrogens with one attached hydrogen (secondary N) is 2. The van der Waals surface area contributed by atoms with Crippen molar-refractivity contribution in [3.8, 4) is 0 Å². The second-order valence-electron chi connectivity index (χ2n) is 9.73. The first-order valence-electron chi connectivity index (χ1n) is 11.4. The highest BCUT2D eigenvalue weighted by Gasteiger charge is 2.58. The standard InChI is InChI=1S/C24H38N4O/c1-17-8-5-6-9-18(17)16-28-13-11-19(12-14-28)26-23(25-4)27-21-20-10-7-15-29-22(20)24(21,2)3/h5-6,8-9,19-22H,7,10-16H2,1-4H3,(H2,25,26,27). The van der Waals surface area contributed by atoms with E-state index in [0.29, 0.717) is 24.1 Å². The van der Waals surface area contributed by atoms with Crippen molar-refractivity contribution in [3.05, 3.63) is 35.4 Å². The first-order chi connectivity index (χ1) is 14.0. The molecule has 3 atom stereocenters. The number of hydrogen-bond acceptors (Lipinski definition) is 3. The fraction of sp³-hybridized carbons (Fsp3) is 0.708. The molecule has 5 nitrogen and oxygen atoms in total. The summed E-state index contributed by atoms with van der Waals surface area (Å²) in [6, 6.07) is 9.68. The highest BCUT2D eigenvalue weighted by Crippen LogP contribution is 2.51. The summed E-state index contributed by atoms with van der Waals surface area (Å²) in [6.07, 6.45) is 5.17. The zero-order chi connectivity index (χ0) is 20.4. The van der Waals surface area contributed by atoms with Crippen molar-refractivity contribution in [2.45, 2.75) is 71.2 Å². The van der Waals surface area contributed by atoms with Crippen LogP contribution in [-0.4, -0.2) is 55.8 Å². The number of likely N-dealkylation sites (tertiary alicyclic amines) is 1. The van der Waals surface area contributed by atoms with E-state index in [4.69, 9.17) is 4.74 Å². The maximum absolute atomic E-state index is 6.05. The molecular formula is C24H38N4O. The lowest BCUT2D eigenvalue weighted by atomic mass is 9.55. The smallest absolute Gasteiger partial charge is 0.191 e. The van der Waals surface area contributed by atoms with Crippen molar-refractivity contribution >= 4 is 5.96 Å². The van der Waals surface area contributed by atoms with Crippen LogP contribution in [0.2, 0.25) is 0 Å². The predicted molar refractivity (Wildman–Crippen MR) is 119 cm³/mol. The van der Waals surface area contributed by atoms with E-state index in [1.54, 1.807) is 0 Å². The molecule has 4 rings (SSSR count). The second kappa shape index (κ2) is 8.65. The molecule has 2 heterocycles. The Morgan fingerprint density at radius 3 is 2.66 bits per heavy atom. The molecular weight excluding hydrogens is 360 g/mol. The third-order valence-electron chi connectivity index (χ3n) is 7.43. The summed E-state index contributed by atoms with van der Waals surface area (Å²) in [6.45, 7) is 11.1. The minimum absolute atomic E-state index is 0.166. The molecule has 0 radical (unpaired) electrons. The number of guanidine groups is 1. The minimum Gasteiger partial charge on any atom is -0.377 e. The van der Waals surface area contributed by atoms with Gasteiger partial charge in [-0.05, 0) is 43.7 Å². The molecule has 3 fully saturated rings. The normalized spacial score (nSPS) is 30.3. The van der Waals surface area contributed by atoms with E-state index in [-0.39, 0.29) is 5.41 Å². The van der Waals surface area contributed by atoms with E-state index < -0.39 is 0 Å². The van der Waals surface area contributed by atoms with Gasteiger partial charge in [0.15, 0.2) is 5.96 Å². The summed E-state index contributed by atoms with van der Waals surface area (Å²) in [5.74, 6) is 1.58. The van der Waals surface area contributed by atoms with Crippen LogP contribution in [0.5, 0.6) is 0 Å². The molecule has 2 N–H and O–H groups in total. The molecule has 0 amide bonds. The molecule has 160 valence electrons. The van der Waals surface area contributed by atoms with Crippen LogP contribution in [0, 0.1) is 18.3 Å². The average Bonchev–Trinajstić information content (AvgIpc) is 2.74. The third-order valence-corrected chi connectivity index (χ3v) is 7.43. The molecule has 3 aliphatic rings. The molecule has 0 spiro atoms. The largest absolute Gasteiger partial charge is 0.377 e. The number of aliphatic imine (C=N–C) groups is 1. The number of piperidine rings is 1. The molecule has 3 unspecified atom stereocenters. The molecule has 1 aromatic carbocycles. The molecule has 2 aliphatic heterocycles. The Hall–Kier alpha value is -1.59. The number of benzene rings is 1. The zero-order valence-corrected chi connectivity index (χ0v) is 18.6. The van der Waals surface area contributed by atoms with E-state index in [2.05, 4.69) is 65.6 Å². The van der Waals surface area contributed by atoms with Gasteiger partial charge < -0.3 is 15.4 Å². The van der Waals surface area contributed by atoms with Gasteiger partial charge in [0.25, 0.3) is 0 Å². The summed E-state index contributed by atoms with van der Waals surface area (Å²) < 4.78 is 6.05. The van der Waals surface area contributed by atoms with Crippen LogP contribution in [0.25, 0.3) is 0 Å². The van der Waals surface area contributed by atoms with Gasteiger partial charge in [0.2, 0.25) is 0 Å². The first kappa shape index (κ1) is 20.7. The average molecular weight is 399 g/mol. The van der Waals surface area contributed by atoms with Crippen molar-refractivity contribution in [2.24, 2.45) is 16.3 Å². The first-order valence-corrected chi connectivity index (χ1v) is 11.4. The Morgan fingerprint density at radius 2 is 1.93 bits per heavy atom. The molecule has 2 saturated heterocycles. The summed E-state index contributed by atoms with van der Waals surface area (Å²) in [5, 5.41) is 7.45. The molecule has 1 aliphatic carbocycles. The van der Waals surface area contributed by atoms with E-state index in [0.717, 1.165) is 45.0 Å². The lowest BCUT2D eigenvalue weighted by Crippen LogP contribution is -2.71. The van der Waals surface area contributed by atoms with E-state index in [1.165, 1.54) is 24.0 Å². The van der Waals surface area contributed by atoms with Crippen molar-refractivity contribution in [1.82, 2.24) is 15.5 Å². The summed E-state index contributed by atoms with van der Waals surface area (Å²) in [4.78, 5) is 7.12. The van der Waals surface area contributed by atoms with Crippen LogP contribution in [0.4, 0.5) is 0 Å². The predicted octanol–water partition coefficient (Wildman–Crippen LogP) is 3.33. The summed E-state index contributed by atoms with van der Waals surface area (Å²) >= 11 is 0. The van der Waals surface area contributed by atoms with Crippen LogP contribution in [0.1, 0.15) is 50.7 Å². The molecule has 0 aromatic heterocycles. The summed E-state index contributed by atoms with van der Waals surface area (Å²) in [5.41, 5.74) is 3.01. The van der Waals surface area contributed by atoms with Crippen molar-refractivity contribution in [2.75, 3.05) is 26.7 Å². The monoisotopic (exact) mass is 398 g/mol. The fourth-order valence-corrected chi connectivity index (χ4v) is 5.59. The number of fused-ring (bicyclic) bond motifs is 1. The van der Waals surface area contributed by atoms with Gasteiger partial charge in [-0.25, -0.2) is 0 Å². The molecule has 5 heteroatoms. The number of ether oxygens (including phenoxy) is 1. The summed E-state index contributed by atoms with van der Waals surface area (Å²) in [7, 11) is 1.89. The van der Waals surface area contributed by atoms with Crippen molar-refractivity contribution in [1.29, 1.82) is 0 Å². The Kier molecular flexibility index (Phi) is 6.16. The Bertz CT molecular complexity index is 723. The number of hydrogen-bond donors (Lipinski definition) is 2. The van der Waals surface area contributed by atoms with Gasteiger partial charge in [-0.1, -0.05) is 38.1 Å². The van der Waals surface area contributed by atoms with Crippen LogP contribution in [-0.2, 0) is 11.3 Å². The van der Waals surface area contributed by atoms with Gasteiger partial charge in [-0.3, -0.25) is 9.89 Å². The minimum atomic E-state index is 0.166. The van der Waals surface area contributed by atoms with Gasteiger partial charge in [0.05, 0.1) is 6.10 Å². The van der Waals surface area contributed by atoms with E-state index in [1.807, 2.05) is 7.05 Å². The van der Waals surface area contributed by atoms with Gasteiger partial charge in [0.1, 0.15) is 0 Å². The van der Waals surface area contributed by atoms with Crippen molar-refractivity contribution < 1.29 is 4.74 Å². The Morgan fingerprint density at radius 1 is 1.17 bits per heavy atom. The highest BCUT2D eigenvalue weighted by atomic mass is 16.5. The van der Waals surface area contributed by atoms with Gasteiger partial charge >= 0.3 is 0 Å². The van der Waals surface area contributed by atoms with Gasteiger partial charge in [-0.2, -0.15) is 0 Å². The Labute approximate surface area is 176 Å². The van der Waals surface area contributed by atoms with E-state index >= 15 is 0 Å². The fourth-order valence-electron chi connectivity index (χ4n) is 5.59. The van der Waals surface area contributed by atoms with Crippen LogP contribution >= 0.6 is 0 Å². The highest BCUT2D eigenvalue weighted by molar-refractivity contribution is 5.80. The number of aryl methyl sites for hydroxylation is 1. The maximum atomic E-state index is 6.05. The maximum Gasteiger partial charge on any atom is 0.191 e. The topological polar surface area (TPSA) is 48.9 Å². The van der Waals surface area contributed by atoms with Crippen LogP contribution in [0.15, 0.2) is 29.3 Å². The van der Waals surface area contributed by atoms with Crippen LogP contribution < -0.4 is 10.6 Å². The molecule has 1 aromatic rings. The van der Waals surface area contributed by atoms with Gasteiger partial charge in [-0.15, -0.1) is 0 Å². The second-order valence-corrected chi connectivity index (χ2v) is 9.73. The zero-order valence-electron chi connectivity index (χ0n) is 18.6. The Balaban J connectivity index is 1.27. The quantitative estimate of drug-likeness (QED) is 0.603. The van der Waals surface area contributed by atoms with Crippen LogP contribution in [0.3, 0.4) is 0 Å². The molecule has 29 heavy (non-hydrogen) atoms. The lowest BCUT2D eigenvalue weighted by molar-refractivity contribution is -0.188. The van der Waals surface area contributed by atoms with E-state index in [9.17, 15) is 0 Å². The van der Waals surface area contributed by atoms with Gasteiger partial charge in [0, 0.05) is 56.7 Å². The SMILES string of the molecule is CN=C(NC1CCN(Cc2ccccc2C)CC1)NC1C2CCCOC2C1(C)C. The number of rotatable bonds is 4. The molecule has 1 saturated carbocycles. The molecule has 0 bridgehead atoms. The third kappa shape index (κ3) is 4.31. The lowest BCUT2D eigenvalue weighted by Gasteiger charge is -2.60. The van der Waals surface area contributed by atoms with Crippen molar-refractivity contribution in [3.63, 3.8) is 0 Å². The number of nitrogens with zero attached hydrogens (tertiary/aromatic N) is 2.